The van der Waals surface area contributed by atoms with Crippen molar-refractivity contribution in [2.75, 3.05) is 0 Å². The van der Waals surface area contributed by atoms with Gasteiger partial charge in [0, 0.05) is 0 Å². The molecular weight excluding hydrogens is 224 g/mol. The van der Waals surface area contributed by atoms with Crippen molar-refractivity contribution in [2.24, 2.45) is 5.73 Å². The Hall–Kier alpha value is -2.70. The van der Waals surface area contributed by atoms with E-state index in [1.807, 2.05) is 0 Å². The first-order valence-corrected chi connectivity index (χ1v) is 4.64. The zero-order valence-corrected chi connectivity index (χ0v) is 8.57. The molecule has 86 valence electrons. The Morgan fingerprint density at radius 2 is 2.00 bits per heavy atom. The standard InChI is InChI=1S/C10H8N4O3/c11-8(16)9-12-5-14(13-9)10(17)6-3-1-2-4-7(6)15/h1-5,15H,(H2,11,16). The van der Waals surface area contributed by atoms with Crippen LogP contribution >= 0.6 is 0 Å². The van der Waals surface area contributed by atoms with Crippen molar-refractivity contribution in [1.29, 1.82) is 0 Å². The number of rotatable bonds is 2. The largest absolute Gasteiger partial charge is 0.507 e. The lowest BCUT2D eigenvalue weighted by Crippen LogP contribution is -2.16. The van der Waals surface area contributed by atoms with Gasteiger partial charge in [0.2, 0.25) is 5.82 Å². The van der Waals surface area contributed by atoms with Crippen molar-refractivity contribution in [3.05, 3.63) is 42.0 Å². The molecule has 0 bridgehead atoms. The number of nitrogens with two attached hydrogens (primary N) is 1. The minimum atomic E-state index is -0.825. The van der Waals surface area contributed by atoms with E-state index in [1.165, 1.54) is 12.1 Å². The number of para-hydroxylation sites is 1. The van der Waals surface area contributed by atoms with Gasteiger partial charge in [-0.1, -0.05) is 12.1 Å². The van der Waals surface area contributed by atoms with Crippen molar-refractivity contribution < 1.29 is 14.7 Å². The van der Waals surface area contributed by atoms with E-state index in [2.05, 4.69) is 10.1 Å². The van der Waals surface area contributed by atoms with Gasteiger partial charge < -0.3 is 10.8 Å². The highest BCUT2D eigenvalue weighted by molar-refractivity contribution is 5.98. The fraction of sp³-hybridized carbons (Fsp3) is 0. The summed E-state index contributed by atoms with van der Waals surface area (Å²) in [4.78, 5) is 26.2. The van der Waals surface area contributed by atoms with Gasteiger partial charge in [-0.05, 0) is 12.1 Å². The molecule has 0 aliphatic rings. The Bertz CT molecular complexity index is 591. The van der Waals surface area contributed by atoms with Crippen LogP contribution in [-0.2, 0) is 0 Å². The molecule has 0 unspecified atom stereocenters. The van der Waals surface area contributed by atoms with E-state index in [4.69, 9.17) is 5.73 Å². The highest BCUT2D eigenvalue weighted by Gasteiger charge is 2.16. The minimum absolute atomic E-state index is 0.0634. The molecule has 0 saturated carbocycles. The molecule has 0 fully saturated rings. The van der Waals surface area contributed by atoms with Crippen LogP contribution in [0.15, 0.2) is 30.6 Å². The van der Waals surface area contributed by atoms with Crippen LogP contribution in [-0.4, -0.2) is 31.7 Å². The molecule has 2 rings (SSSR count). The van der Waals surface area contributed by atoms with Crippen molar-refractivity contribution in [3.8, 4) is 5.75 Å². The Kier molecular flexibility index (Phi) is 2.57. The van der Waals surface area contributed by atoms with E-state index in [-0.39, 0.29) is 17.1 Å². The molecular formula is C10H8N4O3. The maximum atomic E-state index is 11.9. The maximum absolute atomic E-state index is 11.9. The van der Waals surface area contributed by atoms with E-state index in [0.29, 0.717) is 0 Å². The third kappa shape index (κ3) is 1.98. The lowest BCUT2D eigenvalue weighted by atomic mass is 10.2. The second kappa shape index (κ2) is 4.05. The van der Waals surface area contributed by atoms with Gasteiger partial charge in [-0.2, -0.15) is 4.68 Å². The van der Waals surface area contributed by atoms with Crippen molar-refractivity contribution in [1.82, 2.24) is 14.8 Å². The molecule has 0 atom stereocenters. The van der Waals surface area contributed by atoms with Gasteiger partial charge in [-0.3, -0.25) is 9.59 Å². The number of primary amides is 1. The minimum Gasteiger partial charge on any atom is -0.507 e. The Morgan fingerprint density at radius 1 is 1.29 bits per heavy atom. The number of hydrogen-bond acceptors (Lipinski definition) is 5. The first kappa shape index (κ1) is 10.8. The van der Waals surface area contributed by atoms with Crippen LogP contribution < -0.4 is 5.73 Å². The van der Waals surface area contributed by atoms with Crippen LogP contribution in [0.2, 0.25) is 0 Å². The monoisotopic (exact) mass is 232 g/mol. The fourth-order valence-corrected chi connectivity index (χ4v) is 1.25. The first-order valence-electron chi connectivity index (χ1n) is 4.64. The van der Waals surface area contributed by atoms with E-state index >= 15 is 0 Å². The van der Waals surface area contributed by atoms with Crippen molar-refractivity contribution in [3.63, 3.8) is 0 Å². The number of aromatic hydroxyl groups is 1. The van der Waals surface area contributed by atoms with Crippen LogP contribution in [0, 0.1) is 0 Å². The number of nitrogens with zero attached hydrogens (tertiary/aromatic N) is 3. The molecule has 0 radical (unpaired) electrons. The van der Waals surface area contributed by atoms with Crippen LogP contribution in [0.1, 0.15) is 21.0 Å². The number of carbonyl (C=O) groups excluding carboxylic acids is 2. The topological polar surface area (TPSA) is 111 Å². The summed E-state index contributed by atoms with van der Waals surface area (Å²) in [5, 5.41) is 13.1. The summed E-state index contributed by atoms with van der Waals surface area (Å²) >= 11 is 0. The summed E-state index contributed by atoms with van der Waals surface area (Å²) in [6.07, 6.45) is 1.06. The molecule has 3 N–H and O–H groups in total. The average molecular weight is 232 g/mol. The first-order chi connectivity index (χ1) is 8.09. The number of aromatic nitrogens is 3. The zero-order chi connectivity index (χ0) is 12.4. The van der Waals surface area contributed by atoms with Crippen molar-refractivity contribution >= 4 is 11.8 Å². The smallest absolute Gasteiger partial charge is 0.288 e. The van der Waals surface area contributed by atoms with Gasteiger partial charge >= 0.3 is 0 Å². The summed E-state index contributed by atoms with van der Waals surface area (Å²) in [6.45, 7) is 0. The molecule has 0 spiro atoms. The van der Waals surface area contributed by atoms with Gasteiger partial charge in [0.05, 0.1) is 5.56 Å². The molecule has 7 heteroatoms. The summed E-state index contributed by atoms with van der Waals surface area (Å²) in [7, 11) is 0. The fourth-order valence-electron chi connectivity index (χ4n) is 1.25. The number of phenolic OH excluding ortho intramolecular Hbond substituents is 1. The van der Waals surface area contributed by atoms with Crippen LogP contribution in [0.3, 0.4) is 0 Å². The zero-order valence-electron chi connectivity index (χ0n) is 8.57. The Morgan fingerprint density at radius 3 is 2.59 bits per heavy atom. The second-order valence-electron chi connectivity index (χ2n) is 3.20. The SMILES string of the molecule is NC(=O)c1ncn(C(=O)c2ccccc2O)n1. The molecule has 1 heterocycles. The number of amides is 1. The highest BCUT2D eigenvalue weighted by Crippen LogP contribution is 2.16. The second-order valence-corrected chi connectivity index (χ2v) is 3.20. The van der Waals surface area contributed by atoms with Crippen LogP contribution in [0.4, 0.5) is 0 Å². The summed E-state index contributed by atoms with van der Waals surface area (Å²) < 4.78 is 0.842. The summed E-state index contributed by atoms with van der Waals surface area (Å²) in [5.74, 6) is -1.85. The predicted molar refractivity (Wildman–Crippen MR) is 56.4 cm³/mol. The average Bonchev–Trinajstić information content (AvgIpc) is 2.78. The molecule has 0 saturated heterocycles. The van der Waals surface area contributed by atoms with Crippen molar-refractivity contribution in [2.45, 2.75) is 0 Å². The van der Waals surface area contributed by atoms with Gasteiger partial charge in [0.15, 0.2) is 0 Å². The maximum Gasteiger partial charge on any atom is 0.288 e. The Balaban J connectivity index is 2.37. The summed E-state index contributed by atoms with van der Waals surface area (Å²) in [6, 6.07) is 5.99. The van der Waals surface area contributed by atoms with Crippen LogP contribution in [0.25, 0.3) is 0 Å². The van der Waals surface area contributed by atoms with Gasteiger partial charge in [-0.25, -0.2) is 4.98 Å². The lowest BCUT2D eigenvalue weighted by molar-refractivity contribution is 0.0941. The van der Waals surface area contributed by atoms with E-state index < -0.39 is 11.8 Å². The normalized spacial score (nSPS) is 10.1. The molecule has 1 amide bonds. The van der Waals surface area contributed by atoms with Gasteiger partial charge in [0.25, 0.3) is 11.8 Å². The third-order valence-corrected chi connectivity index (χ3v) is 2.05. The van der Waals surface area contributed by atoms with Crippen LogP contribution in [0.5, 0.6) is 5.75 Å². The number of phenols is 1. The highest BCUT2D eigenvalue weighted by atomic mass is 16.3. The quantitative estimate of drug-likeness (QED) is 0.742. The predicted octanol–water partition coefficient (Wildman–Crippen LogP) is -0.229. The van der Waals surface area contributed by atoms with Gasteiger partial charge in [0.1, 0.15) is 12.1 Å². The van der Waals surface area contributed by atoms with E-state index in [1.54, 1.807) is 12.1 Å². The summed E-state index contributed by atoms with van der Waals surface area (Å²) in [5.41, 5.74) is 5.02. The molecule has 0 aliphatic heterocycles. The van der Waals surface area contributed by atoms with E-state index in [9.17, 15) is 14.7 Å². The third-order valence-electron chi connectivity index (χ3n) is 2.05. The molecule has 7 nitrogen and oxygen atoms in total. The molecule has 17 heavy (non-hydrogen) atoms. The van der Waals surface area contributed by atoms with E-state index in [0.717, 1.165) is 11.0 Å². The lowest BCUT2D eigenvalue weighted by Gasteiger charge is -2.01. The number of hydrogen-bond donors (Lipinski definition) is 2. The van der Waals surface area contributed by atoms with Gasteiger partial charge in [-0.15, -0.1) is 5.10 Å². The molecule has 2 aromatic rings. The number of benzene rings is 1. The molecule has 1 aromatic heterocycles. The molecule has 1 aromatic carbocycles. The molecule has 0 aliphatic carbocycles. The Labute approximate surface area is 95.5 Å². The number of carbonyl (C=O) groups is 2.